The number of hydrogen-bond donors (Lipinski definition) is 1. The zero-order valence-corrected chi connectivity index (χ0v) is 16.3. The van der Waals surface area contributed by atoms with Crippen molar-refractivity contribution >= 4 is 33.4 Å². The number of carbonyl (C=O) groups is 1. The molecule has 140 valence electrons. The van der Waals surface area contributed by atoms with E-state index in [1.165, 1.54) is 28.2 Å². The smallest absolute Gasteiger partial charge is 0.243 e. The lowest BCUT2D eigenvalue weighted by molar-refractivity contribution is -0.113. The number of thioether (sulfide) groups is 1. The number of ether oxygens (including phenoxy) is 2. The number of carbonyl (C=O) groups excluding carboxylic acids is 1. The lowest BCUT2D eigenvalue weighted by Crippen LogP contribution is -2.40. The van der Waals surface area contributed by atoms with Gasteiger partial charge in [-0.25, -0.2) is 8.42 Å². The Morgan fingerprint density at radius 2 is 2.04 bits per heavy atom. The van der Waals surface area contributed by atoms with Crippen molar-refractivity contribution in [3.8, 4) is 5.75 Å². The number of anilines is 1. The van der Waals surface area contributed by atoms with Crippen LogP contribution in [0.1, 0.15) is 13.8 Å². The Hall–Kier alpha value is -1.29. The fraction of sp³-hybridized carbons (Fsp3) is 0.562. The normalized spacial score (nSPS) is 16.0. The van der Waals surface area contributed by atoms with Gasteiger partial charge in [-0.1, -0.05) is 0 Å². The summed E-state index contributed by atoms with van der Waals surface area (Å²) < 4.78 is 37.9. The second-order valence-electron chi connectivity index (χ2n) is 5.82. The highest BCUT2D eigenvalue weighted by molar-refractivity contribution is 7.99. The van der Waals surface area contributed by atoms with E-state index in [1.807, 2.05) is 20.1 Å². The average molecular weight is 389 g/mol. The number of hydrogen-bond acceptors (Lipinski definition) is 6. The SMILES string of the molecule is CSCC(=O)Nc1cc(S(=O)(=O)N2CCOCC2)ccc1OC(C)C. The Morgan fingerprint density at radius 3 is 2.64 bits per heavy atom. The van der Waals surface area contributed by atoms with Crippen LogP contribution in [0.5, 0.6) is 5.75 Å². The van der Waals surface area contributed by atoms with Crippen molar-refractivity contribution in [2.45, 2.75) is 24.8 Å². The first kappa shape index (κ1) is 20.0. The van der Waals surface area contributed by atoms with Gasteiger partial charge in [-0.3, -0.25) is 4.79 Å². The van der Waals surface area contributed by atoms with E-state index in [0.717, 1.165) is 0 Å². The molecule has 0 unspecified atom stereocenters. The minimum atomic E-state index is -3.64. The van der Waals surface area contributed by atoms with E-state index in [1.54, 1.807) is 6.07 Å². The number of amides is 1. The maximum absolute atomic E-state index is 12.8. The topological polar surface area (TPSA) is 84.9 Å². The van der Waals surface area contributed by atoms with Crippen LogP contribution < -0.4 is 10.1 Å². The summed E-state index contributed by atoms with van der Waals surface area (Å²) in [6, 6.07) is 4.55. The first-order chi connectivity index (χ1) is 11.8. The quantitative estimate of drug-likeness (QED) is 0.767. The molecule has 2 rings (SSSR count). The molecule has 1 fully saturated rings. The summed E-state index contributed by atoms with van der Waals surface area (Å²) in [5.41, 5.74) is 0.363. The van der Waals surface area contributed by atoms with Gasteiger partial charge in [0.15, 0.2) is 0 Å². The monoisotopic (exact) mass is 388 g/mol. The molecule has 0 spiro atoms. The van der Waals surface area contributed by atoms with Gasteiger partial charge in [-0.2, -0.15) is 16.1 Å². The first-order valence-corrected chi connectivity index (χ1v) is 10.9. The fourth-order valence-corrected chi connectivity index (χ4v) is 4.15. The van der Waals surface area contributed by atoms with Crippen LogP contribution in [0, 0.1) is 0 Å². The van der Waals surface area contributed by atoms with Crippen LogP contribution in [0.4, 0.5) is 5.69 Å². The Morgan fingerprint density at radius 1 is 1.36 bits per heavy atom. The first-order valence-electron chi connectivity index (χ1n) is 8.02. The fourth-order valence-electron chi connectivity index (χ4n) is 2.38. The van der Waals surface area contributed by atoms with Crippen LogP contribution in [-0.4, -0.2) is 63.0 Å². The van der Waals surface area contributed by atoms with Gasteiger partial charge in [0.25, 0.3) is 0 Å². The van der Waals surface area contributed by atoms with Gasteiger partial charge in [-0.05, 0) is 38.3 Å². The van der Waals surface area contributed by atoms with Crippen LogP contribution in [0.25, 0.3) is 0 Å². The van der Waals surface area contributed by atoms with Crippen LogP contribution in [0.3, 0.4) is 0 Å². The molecule has 25 heavy (non-hydrogen) atoms. The summed E-state index contributed by atoms with van der Waals surface area (Å²) in [6.45, 7) is 5.13. The summed E-state index contributed by atoms with van der Waals surface area (Å²) in [5, 5.41) is 2.74. The number of morpholine rings is 1. The molecule has 1 aliphatic heterocycles. The largest absolute Gasteiger partial charge is 0.489 e. The van der Waals surface area contributed by atoms with Crippen molar-refractivity contribution in [1.82, 2.24) is 4.31 Å². The summed E-state index contributed by atoms with van der Waals surface area (Å²) in [7, 11) is -3.64. The molecule has 1 aromatic rings. The molecule has 9 heteroatoms. The zero-order valence-electron chi connectivity index (χ0n) is 14.6. The molecule has 1 aliphatic rings. The predicted octanol–water partition coefficient (Wildman–Crippen LogP) is 1.80. The molecule has 0 aromatic heterocycles. The molecule has 0 saturated carbocycles. The summed E-state index contributed by atoms with van der Waals surface area (Å²) in [5.74, 6) is 0.522. The molecule has 1 aromatic carbocycles. The predicted molar refractivity (Wildman–Crippen MR) is 98.8 cm³/mol. The van der Waals surface area contributed by atoms with Gasteiger partial charge in [0.05, 0.1) is 35.7 Å². The maximum atomic E-state index is 12.8. The summed E-state index contributed by atoms with van der Waals surface area (Å²) >= 11 is 1.39. The molecule has 1 saturated heterocycles. The highest BCUT2D eigenvalue weighted by atomic mass is 32.2. The third-order valence-corrected chi connectivity index (χ3v) is 5.92. The molecule has 7 nitrogen and oxygen atoms in total. The molecular weight excluding hydrogens is 364 g/mol. The lowest BCUT2D eigenvalue weighted by Gasteiger charge is -2.26. The van der Waals surface area contributed by atoms with E-state index in [9.17, 15) is 13.2 Å². The number of nitrogens with zero attached hydrogens (tertiary/aromatic N) is 1. The van der Waals surface area contributed by atoms with Crippen LogP contribution in [-0.2, 0) is 19.6 Å². The lowest BCUT2D eigenvalue weighted by atomic mass is 10.3. The van der Waals surface area contributed by atoms with Gasteiger partial charge in [0.2, 0.25) is 15.9 Å². The van der Waals surface area contributed by atoms with Gasteiger partial charge in [0, 0.05) is 13.1 Å². The number of benzene rings is 1. The van der Waals surface area contributed by atoms with E-state index < -0.39 is 10.0 Å². The molecule has 0 bridgehead atoms. The van der Waals surface area contributed by atoms with Crippen molar-refractivity contribution in [1.29, 1.82) is 0 Å². The molecule has 1 N–H and O–H groups in total. The minimum absolute atomic E-state index is 0.0992. The highest BCUT2D eigenvalue weighted by Gasteiger charge is 2.27. The summed E-state index contributed by atoms with van der Waals surface area (Å²) in [4.78, 5) is 12.1. The maximum Gasteiger partial charge on any atom is 0.243 e. The Labute approximate surface area is 153 Å². The van der Waals surface area contributed by atoms with E-state index in [-0.39, 0.29) is 22.7 Å². The number of nitrogens with one attached hydrogen (secondary N) is 1. The minimum Gasteiger partial charge on any atom is -0.489 e. The third kappa shape index (κ3) is 5.34. The molecular formula is C16H24N2O5S2. The van der Waals surface area contributed by atoms with Gasteiger partial charge < -0.3 is 14.8 Å². The number of sulfonamides is 1. The van der Waals surface area contributed by atoms with E-state index >= 15 is 0 Å². The van der Waals surface area contributed by atoms with Crippen molar-refractivity contribution < 1.29 is 22.7 Å². The van der Waals surface area contributed by atoms with E-state index in [0.29, 0.717) is 37.7 Å². The van der Waals surface area contributed by atoms with Gasteiger partial charge in [-0.15, -0.1) is 0 Å². The summed E-state index contributed by atoms with van der Waals surface area (Å²) in [6.07, 6.45) is 1.72. The van der Waals surface area contributed by atoms with E-state index in [4.69, 9.17) is 9.47 Å². The van der Waals surface area contributed by atoms with Crippen molar-refractivity contribution in [2.75, 3.05) is 43.6 Å². The van der Waals surface area contributed by atoms with Crippen molar-refractivity contribution in [2.24, 2.45) is 0 Å². The second-order valence-corrected chi connectivity index (χ2v) is 8.63. The molecule has 0 radical (unpaired) electrons. The third-order valence-electron chi connectivity index (χ3n) is 3.47. The molecule has 0 aliphatic carbocycles. The van der Waals surface area contributed by atoms with Crippen LogP contribution >= 0.6 is 11.8 Å². The molecule has 0 atom stereocenters. The zero-order chi connectivity index (χ0) is 18.4. The van der Waals surface area contributed by atoms with Crippen LogP contribution in [0.2, 0.25) is 0 Å². The Balaban J connectivity index is 2.34. The van der Waals surface area contributed by atoms with Crippen molar-refractivity contribution in [3.05, 3.63) is 18.2 Å². The highest BCUT2D eigenvalue weighted by Crippen LogP contribution is 2.30. The van der Waals surface area contributed by atoms with Gasteiger partial charge in [0.1, 0.15) is 5.75 Å². The Kier molecular flexibility index (Phi) is 7.12. The van der Waals surface area contributed by atoms with Crippen molar-refractivity contribution in [3.63, 3.8) is 0 Å². The average Bonchev–Trinajstić information content (AvgIpc) is 2.57. The molecule has 1 heterocycles. The second kappa shape index (κ2) is 8.88. The van der Waals surface area contributed by atoms with Gasteiger partial charge >= 0.3 is 0 Å². The number of rotatable bonds is 7. The van der Waals surface area contributed by atoms with E-state index in [2.05, 4.69) is 5.32 Å². The Bertz CT molecular complexity index is 700. The van der Waals surface area contributed by atoms with Crippen LogP contribution in [0.15, 0.2) is 23.1 Å². The standard InChI is InChI=1S/C16H24N2O5S2/c1-12(2)23-15-5-4-13(10-14(15)17-16(19)11-24-3)25(20,21)18-6-8-22-9-7-18/h4-5,10,12H,6-9,11H2,1-3H3,(H,17,19). The molecule has 1 amide bonds.